The van der Waals surface area contributed by atoms with E-state index in [1.165, 1.54) is 0 Å². The molecule has 26 heavy (non-hydrogen) atoms. The number of aromatic nitrogens is 3. The van der Waals surface area contributed by atoms with Gasteiger partial charge < -0.3 is 19.5 Å². The summed E-state index contributed by atoms with van der Waals surface area (Å²) in [6.07, 6.45) is 3.67. The number of amides is 1. The van der Waals surface area contributed by atoms with Crippen LogP contribution in [0.4, 0.5) is 0 Å². The number of rotatable bonds is 5. The van der Waals surface area contributed by atoms with E-state index in [2.05, 4.69) is 20.5 Å². The molecule has 2 aromatic heterocycles. The normalized spacial score (nSPS) is 19.8. The van der Waals surface area contributed by atoms with E-state index in [1.807, 2.05) is 24.3 Å². The average molecular weight is 354 g/mol. The fraction of sp³-hybridized carbons (Fsp3) is 0.421. The summed E-state index contributed by atoms with van der Waals surface area (Å²) in [6.45, 7) is 1.79. The van der Waals surface area contributed by atoms with Gasteiger partial charge in [-0.1, -0.05) is 12.1 Å². The van der Waals surface area contributed by atoms with Crippen LogP contribution in [0.1, 0.15) is 41.5 Å². The summed E-state index contributed by atoms with van der Waals surface area (Å²) in [4.78, 5) is 15.9. The molecule has 2 N–H and O–H groups in total. The van der Waals surface area contributed by atoms with Crippen molar-refractivity contribution in [1.82, 2.24) is 20.5 Å². The number of nitrogens with one attached hydrogen (secondary N) is 2. The molecule has 1 fully saturated rings. The summed E-state index contributed by atoms with van der Waals surface area (Å²) in [6, 6.07) is 7.89. The Labute approximate surface area is 151 Å². The van der Waals surface area contributed by atoms with Gasteiger partial charge in [0.05, 0.1) is 7.11 Å². The second-order valence-corrected chi connectivity index (χ2v) is 6.85. The molecule has 7 nitrogen and oxygen atoms in total. The Bertz CT molecular complexity index is 930. The predicted molar refractivity (Wildman–Crippen MR) is 96.2 cm³/mol. The molecule has 1 amide bonds. The van der Waals surface area contributed by atoms with Gasteiger partial charge in [-0.3, -0.25) is 4.79 Å². The van der Waals surface area contributed by atoms with Gasteiger partial charge in [-0.15, -0.1) is 10.2 Å². The van der Waals surface area contributed by atoms with Gasteiger partial charge in [0.15, 0.2) is 5.75 Å². The molecule has 136 valence electrons. The standard InChI is InChI=1S/C19H22N4O3/c1-11-22-23-16(26-11)10-12-7-8-13(9-12)20-19(24)17-18(25-2)14-5-3-4-6-15(14)21-17/h3-6,12-13,21H,7-10H2,1-2H3,(H,20,24)/t12-,13+/m1/s1. The first-order valence-electron chi connectivity index (χ1n) is 8.88. The van der Waals surface area contributed by atoms with E-state index in [0.717, 1.165) is 36.6 Å². The van der Waals surface area contributed by atoms with Gasteiger partial charge in [0, 0.05) is 30.3 Å². The van der Waals surface area contributed by atoms with Crippen molar-refractivity contribution >= 4 is 16.8 Å². The lowest BCUT2D eigenvalue weighted by molar-refractivity contribution is 0.0930. The molecule has 2 atom stereocenters. The van der Waals surface area contributed by atoms with Crippen molar-refractivity contribution in [2.45, 2.75) is 38.6 Å². The van der Waals surface area contributed by atoms with E-state index in [0.29, 0.717) is 29.1 Å². The number of benzene rings is 1. The lowest BCUT2D eigenvalue weighted by atomic mass is 10.0. The molecule has 4 rings (SSSR count). The third kappa shape index (κ3) is 3.16. The van der Waals surface area contributed by atoms with E-state index in [9.17, 15) is 4.79 Å². The highest BCUT2D eigenvalue weighted by Gasteiger charge is 2.29. The SMILES string of the molecule is COc1c(C(=O)N[C@H]2CC[C@@H](Cc3nnc(C)o3)C2)[nH]c2ccccc12. The summed E-state index contributed by atoms with van der Waals surface area (Å²) >= 11 is 0. The van der Waals surface area contributed by atoms with Crippen molar-refractivity contribution in [3.8, 4) is 5.75 Å². The Morgan fingerprint density at radius 3 is 2.96 bits per heavy atom. The topological polar surface area (TPSA) is 93.0 Å². The van der Waals surface area contributed by atoms with Crippen LogP contribution in [0.25, 0.3) is 10.9 Å². The van der Waals surface area contributed by atoms with E-state index in [4.69, 9.17) is 9.15 Å². The van der Waals surface area contributed by atoms with Crippen LogP contribution in [0.2, 0.25) is 0 Å². The first-order valence-corrected chi connectivity index (χ1v) is 8.88. The molecule has 0 unspecified atom stereocenters. The third-order valence-electron chi connectivity index (χ3n) is 5.00. The molecule has 3 aromatic rings. The molecule has 0 aliphatic heterocycles. The highest BCUT2D eigenvalue weighted by atomic mass is 16.5. The van der Waals surface area contributed by atoms with E-state index >= 15 is 0 Å². The van der Waals surface area contributed by atoms with Crippen molar-refractivity contribution in [3.05, 3.63) is 41.7 Å². The zero-order chi connectivity index (χ0) is 18.1. The van der Waals surface area contributed by atoms with Gasteiger partial charge in [0.25, 0.3) is 5.91 Å². The number of aromatic amines is 1. The van der Waals surface area contributed by atoms with Crippen molar-refractivity contribution < 1.29 is 13.9 Å². The number of carbonyl (C=O) groups is 1. The van der Waals surface area contributed by atoms with Crippen molar-refractivity contribution in [1.29, 1.82) is 0 Å². The van der Waals surface area contributed by atoms with Gasteiger partial charge in [-0.05, 0) is 37.3 Å². The van der Waals surface area contributed by atoms with E-state index in [-0.39, 0.29) is 11.9 Å². The van der Waals surface area contributed by atoms with Crippen molar-refractivity contribution in [2.75, 3.05) is 7.11 Å². The van der Waals surface area contributed by atoms with Crippen LogP contribution in [-0.4, -0.2) is 34.2 Å². The molecule has 1 aliphatic carbocycles. The zero-order valence-electron chi connectivity index (χ0n) is 14.9. The number of hydrogen-bond acceptors (Lipinski definition) is 5. The zero-order valence-corrected chi connectivity index (χ0v) is 14.9. The molecule has 7 heteroatoms. The first-order chi connectivity index (χ1) is 12.6. The quantitative estimate of drug-likeness (QED) is 0.735. The largest absolute Gasteiger partial charge is 0.494 e. The Hall–Kier alpha value is -2.83. The lowest BCUT2D eigenvalue weighted by Crippen LogP contribution is -2.33. The molecule has 1 aliphatic rings. The van der Waals surface area contributed by atoms with Crippen molar-refractivity contribution in [3.63, 3.8) is 0 Å². The van der Waals surface area contributed by atoms with Crippen LogP contribution in [0.3, 0.4) is 0 Å². The summed E-state index contributed by atoms with van der Waals surface area (Å²) in [5, 5.41) is 12.0. The van der Waals surface area contributed by atoms with Crippen molar-refractivity contribution in [2.24, 2.45) is 5.92 Å². The minimum atomic E-state index is -0.127. The number of ether oxygens (including phenoxy) is 1. The van der Waals surface area contributed by atoms with E-state index in [1.54, 1.807) is 14.0 Å². The fourth-order valence-corrected chi connectivity index (χ4v) is 3.80. The molecular weight excluding hydrogens is 332 g/mol. The van der Waals surface area contributed by atoms with Crippen LogP contribution in [0.5, 0.6) is 5.75 Å². The molecule has 0 saturated heterocycles. The Morgan fingerprint density at radius 2 is 2.19 bits per heavy atom. The number of carbonyl (C=O) groups excluding carboxylic acids is 1. The number of H-pyrrole nitrogens is 1. The summed E-state index contributed by atoms with van der Waals surface area (Å²) < 4.78 is 10.9. The smallest absolute Gasteiger partial charge is 0.271 e. The Balaban J connectivity index is 1.42. The van der Waals surface area contributed by atoms with Gasteiger partial charge >= 0.3 is 0 Å². The summed E-state index contributed by atoms with van der Waals surface area (Å²) in [7, 11) is 1.59. The van der Waals surface area contributed by atoms with E-state index < -0.39 is 0 Å². The molecule has 1 aromatic carbocycles. The third-order valence-corrected chi connectivity index (χ3v) is 5.00. The van der Waals surface area contributed by atoms with Gasteiger partial charge in [-0.25, -0.2) is 0 Å². The lowest BCUT2D eigenvalue weighted by Gasteiger charge is -2.13. The Kier molecular flexibility index (Phi) is 4.36. The number of fused-ring (bicyclic) bond motifs is 1. The number of para-hydroxylation sites is 1. The summed E-state index contributed by atoms with van der Waals surface area (Å²) in [5.74, 6) is 2.18. The maximum Gasteiger partial charge on any atom is 0.271 e. The number of nitrogens with zero attached hydrogens (tertiary/aromatic N) is 2. The van der Waals surface area contributed by atoms with Crippen LogP contribution < -0.4 is 10.1 Å². The minimum absolute atomic E-state index is 0.127. The van der Waals surface area contributed by atoms with Gasteiger partial charge in [0.2, 0.25) is 11.8 Å². The highest BCUT2D eigenvalue weighted by Crippen LogP contribution is 2.31. The Morgan fingerprint density at radius 1 is 1.35 bits per heavy atom. The maximum atomic E-state index is 12.8. The average Bonchev–Trinajstić information content (AvgIpc) is 3.33. The molecule has 0 bridgehead atoms. The maximum absolute atomic E-state index is 12.8. The first kappa shape index (κ1) is 16.6. The van der Waals surface area contributed by atoms with Crippen LogP contribution in [0, 0.1) is 12.8 Å². The number of methoxy groups -OCH3 is 1. The van der Waals surface area contributed by atoms with Gasteiger partial charge in [0.1, 0.15) is 5.69 Å². The number of hydrogen-bond donors (Lipinski definition) is 2. The predicted octanol–water partition coefficient (Wildman–Crippen LogP) is 3.01. The monoisotopic (exact) mass is 354 g/mol. The number of aryl methyl sites for hydroxylation is 1. The van der Waals surface area contributed by atoms with Crippen LogP contribution in [-0.2, 0) is 6.42 Å². The highest BCUT2D eigenvalue weighted by molar-refractivity contribution is 6.03. The molecule has 0 spiro atoms. The second-order valence-electron chi connectivity index (χ2n) is 6.85. The molecular formula is C19H22N4O3. The minimum Gasteiger partial charge on any atom is -0.494 e. The fourth-order valence-electron chi connectivity index (χ4n) is 3.80. The molecule has 1 saturated carbocycles. The van der Waals surface area contributed by atoms with Crippen LogP contribution in [0.15, 0.2) is 28.7 Å². The molecule has 2 heterocycles. The van der Waals surface area contributed by atoms with Crippen LogP contribution >= 0.6 is 0 Å². The van der Waals surface area contributed by atoms with Gasteiger partial charge in [-0.2, -0.15) is 0 Å². The second kappa shape index (κ2) is 6.82. The summed E-state index contributed by atoms with van der Waals surface area (Å²) in [5.41, 5.74) is 1.37. The molecule has 0 radical (unpaired) electrons.